The van der Waals surface area contributed by atoms with Gasteiger partial charge in [0.05, 0.1) is 24.0 Å². The Morgan fingerprint density at radius 3 is 2.59 bits per heavy atom. The van der Waals surface area contributed by atoms with E-state index in [0.29, 0.717) is 43.9 Å². The third kappa shape index (κ3) is 6.41. The zero-order chi connectivity index (χ0) is 28.4. The fourth-order valence-electron chi connectivity index (χ4n) is 6.13. The van der Waals surface area contributed by atoms with Gasteiger partial charge >= 0.3 is 0 Å². The topological polar surface area (TPSA) is 117 Å². The molecule has 2 atom stereocenters. The second kappa shape index (κ2) is 12.3. The number of carbonyl (C=O) groups is 1. The maximum absolute atomic E-state index is 13.7. The van der Waals surface area contributed by atoms with Gasteiger partial charge in [-0.3, -0.25) is 4.79 Å². The molecule has 1 unspecified atom stereocenters. The highest BCUT2D eigenvalue weighted by atomic mass is 32.2. The van der Waals surface area contributed by atoms with Crippen molar-refractivity contribution in [3.63, 3.8) is 0 Å². The molecule has 1 aliphatic carbocycles. The van der Waals surface area contributed by atoms with E-state index >= 15 is 0 Å². The van der Waals surface area contributed by atoms with E-state index in [2.05, 4.69) is 20.5 Å². The minimum absolute atomic E-state index is 0.112. The van der Waals surface area contributed by atoms with Crippen LogP contribution in [0.2, 0.25) is 0 Å². The van der Waals surface area contributed by atoms with E-state index in [1.807, 2.05) is 31.2 Å². The summed E-state index contributed by atoms with van der Waals surface area (Å²) >= 11 is 1.38. The Morgan fingerprint density at radius 2 is 1.85 bits per heavy atom. The van der Waals surface area contributed by atoms with Crippen LogP contribution >= 0.6 is 11.3 Å². The lowest BCUT2D eigenvalue weighted by Gasteiger charge is -2.31. The number of anilines is 2. The van der Waals surface area contributed by atoms with Gasteiger partial charge in [0.1, 0.15) is 16.2 Å². The van der Waals surface area contributed by atoms with Crippen LogP contribution in [0.1, 0.15) is 50.5 Å². The van der Waals surface area contributed by atoms with Gasteiger partial charge in [-0.15, -0.1) is 0 Å². The molecule has 2 N–H and O–H groups in total. The van der Waals surface area contributed by atoms with Crippen LogP contribution in [0.5, 0.6) is 0 Å². The van der Waals surface area contributed by atoms with Crippen molar-refractivity contribution < 1.29 is 17.9 Å². The molecule has 6 rings (SSSR count). The van der Waals surface area contributed by atoms with Crippen molar-refractivity contribution in [2.45, 2.75) is 55.9 Å². The zero-order valence-corrected chi connectivity index (χ0v) is 25.1. The Balaban J connectivity index is 1.21. The van der Waals surface area contributed by atoms with Crippen LogP contribution in [-0.4, -0.2) is 80.6 Å². The van der Waals surface area contributed by atoms with Crippen LogP contribution in [0, 0.1) is 5.92 Å². The number of ether oxygens (including phenoxy) is 1. The maximum atomic E-state index is 13.7. The Bertz CT molecular complexity index is 1470. The number of amides is 1. The molecule has 0 spiro atoms. The van der Waals surface area contributed by atoms with Crippen LogP contribution < -0.4 is 15.5 Å². The first-order valence-electron chi connectivity index (χ1n) is 14.6. The molecule has 10 nitrogen and oxygen atoms in total. The summed E-state index contributed by atoms with van der Waals surface area (Å²) in [6.07, 6.45) is 5.35. The molecule has 1 saturated carbocycles. The molecule has 2 saturated heterocycles. The molecule has 12 heteroatoms. The van der Waals surface area contributed by atoms with Crippen molar-refractivity contribution in [1.29, 1.82) is 0 Å². The number of nitrogens with zero attached hydrogens (tertiary/aromatic N) is 4. The first-order chi connectivity index (χ1) is 19.9. The van der Waals surface area contributed by atoms with Gasteiger partial charge in [-0.25, -0.2) is 18.4 Å². The minimum atomic E-state index is -3.59. The third-order valence-corrected chi connectivity index (χ3v) is 11.2. The molecular weight excluding hydrogens is 560 g/mol. The Hall–Kier alpha value is -2.64. The molecule has 41 heavy (non-hydrogen) atoms. The molecule has 0 radical (unpaired) electrons. The molecule has 3 fully saturated rings. The van der Waals surface area contributed by atoms with Crippen molar-refractivity contribution in [3.05, 3.63) is 42.0 Å². The number of benzene rings is 1. The molecule has 3 aromatic rings. The molecule has 1 amide bonds. The zero-order valence-electron chi connectivity index (χ0n) is 23.4. The molecule has 2 aliphatic heterocycles. The van der Waals surface area contributed by atoms with Crippen LogP contribution in [0.15, 0.2) is 41.3 Å². The summed E-state index contributed by atoms with van der Waals surface area (Å²) in [7, 11) is -3.59. The van der Waals surface area contributed by atoms with Gasteiger partial charge in [-0.1, -0.05) is 49.2 Å². The van der Waals surface area contributed by atoms with Crippen LogP contribution in [0.3, 0.4) is 0 Å². The fourth-order valence-corrected chi connectivity index (χ4v) is 8.50. The predicted octanol–water partition coefficient (Wildman–Crippen LogP) is 3.81. The molecule has 4 heterocycles. The van der Waals surface area contributed by atoms with Crippen molar-refractivity contribution in [1.82, 2.24) is 19.6 Å². The molecule has 1 aromatic carbocycles. The second-order valence-corrected chi connectivity index (χ2v) is 14.2. The van der Waals surface area contributed by atoms with E-state index in [1.165, 1.54) is 28.5 Å². The summed E-state index contributed by atoms with van der Waals surface area (Å²) in [5, 5.41) is 6.88. The van der Waals surface area contributed by atoms with E-state index in [-0.39, 0.29) is 16.8 Å². The van der Waals surface area contributed by atoms with Gasteiger partial charge in [0, 0.05) is 38.8 Å². The number of aromatic nitrogens is 2. The quantitative estimate of drug-likeness (QED) is 0.402. The number of sulfonamides is 1. The lowest BCUT2D eigenvalue weighted by atomic mass is 9.87. The number of thiazole rings is 1. The Labute approximate surface area is 245 Å². The highest BCUT2D eigenvalue weighted by Crippen LogP contribution is 2.36. The van der Waals surface area contributed by atoms with Crippen LogP contribution in [0.25, 0.3) is 10.3 Å². The number of pyridine rings is 1. The smallest absolute Gasteiger partial charge is 0.243 e. The largest absolute Gasteiger partial charge is 0.378 e. The summed E-state index contributed by atoms with van der Waals surface area (Å²) in [6, 6.07) is 11.0. The summed E-state index contributed by atoms with van der Waals surface area (Å²) in [6.45, 7) is 6.51. The highest BCUT2D eigenvalue weighted by Gasteiger charge is 2.31. The van der Waals surface area contributed by atoms with Gasteiger partial charge in [-0.2, -0.15) is 4.31 Å². The van der Waals surface area contributed by atoms with Crippen molar-refractivity contribution >= 4 is 48.6 Å². The van der Waals surface area contributed by atoms with Gasteiger partial charge in [0.2, 0.25) is 15.9 Å². The number of rotatable bonds is 8. The SMILES string of the molecule is C[C@H]1CN(S(=O)(=O)c2ccc(C(CC3CCCC3)C(=O)Nc3nc4ccc(N5CCOCC5)nc4s3)cc2)CCN1. The van der Waals surface area contributed by atoms with Crippen molar-refractivity contribution in [3.8, 4) is 0 Å². The maximum Gasteiger partial charge on any atom is 0.243 e. The Morgan fingerprint density at radius 1 is 1.10 bits per heavy atom. The fraction of sp³-hybridized carbons (Fsp3) is 0.552. The molecular formula is C29H38N6O4S2. The van der Waals surface area contributed by atoms with Crippen LogP contribution in [0.4, 0.5) is 10.9 Å². The van der Waals surface area contributed by atoms with Crippen LogP contribution in [-0.2, 0) is 19.6 Å². The minimum Gasteiger partial charge on any atom is -0.378 e. The number of fused-ring (bicyclic) bond motifs is 1. The second-order valence-electron chi connectivity index (χ2n) is 11.3. The highest BCUT2D eigenvalue weighted by molar-refractivity contribution is 7.89. The van der Waals surface area contributed by atoms with Crippen molar-refractivity contribution in [2.75, 3.05) is 56.2 Å². The average Bonchev–Trinajstić information content (AvgIpc) is 3.65. The summed E-state index contributed by atoms with van der Waals surface area (Å²) in [4.78, 5) is 26.4. The van der Waals surface area contributed by atoms with Gasteiger partial charge < -0.3 is 20.3 Å². The lowest BCUT2D eigenvalue weighted by Crippen LogP contribution is -2.51. The van der Waals surface area contributed by atoms with E-state index in [0.717, 1.165) is 54.1 Å². The molecule has 0 bridgehead atoms. The van der Waals surface area contributed by atoms with Gasteiger partial charge in [0.25, 0.3) is 0 Å². The molecule has 220 valence electrons. The number of carbonyl (C=O) groups excluding carboxylic acids is 1. The number of piperazine rings is 1. The van der Waals surface area contributed by atoms with E-state index < -0.39 is 15.9 Å². The summed E-state index contributed by atoms with van der Waals surface area (Å²) in [5.41, 5.74) is 1.59. The standard InChI is InChI=1S/C29H38N6O4S2/c1-20-19-35(13-12-30-20)41(37,38)23-8-6-22(7-9-23)24(18-21-4-2-3-5-21)27(36)33-29-31-25-10-11-26(32-28(25)40-29)34-14-16-39-17-15-34/h6-11,20-21,24,30H,2-5,12-19H2,1H3,(H,31,33,36)/t20-,24?/m0/s1. The van der Waals surface area contributed by atoms with Gasteiger partial charge in [-0.05, 0) is 49.1 Å². The first kappa shape index (κ1) is 28.5. The third-order valence-electron chi connectivity index (χ3n) is 8.42. The van der Waals surface area contributed by atoms with Gasteiger partial charge in [0.15, 0.2) is 5.13 Å². The number of morpholine rings is 1. The van der Waals surface area contributed by atoms with E-state index in [9.17, 15) is 13.2 Å². The average molecular weight is 599 g/mol. The van der Waals surface area contributed by atoms with E-state index in [1.54, 1.807) is 12.1 Å². The monoisotopic (exact) mass is 598 g/mol. The lowest BCUT2D eigenvalue weighted by molar-refractivity contribution is -0.118. The molecule has 2 aromatic heterocycles. The predicted molar refractivity (Wildman–Crippen MR) is 161 cm³/mol. The normalized spacial score (nSPS) is 21.8. The Kier molecular flexibility index (Phi) is 8.55. The number of hydrogen-bond donors (Lipinski definition) is 2. The number of nitrogens with one attached hydrogen (secondary N) is 2. The van der Waals surface area contributed by atoms with Crippen molar-refractivity contribution in [2.24, 2.45) is 5.92 Å². The summed E-state index contributed by atoms with van der Waals surface area (Å²) in [5.74, 6) is 0.866. The van der Waals surface area contributed by atoms with E-state index in [4.69, 9.17) is 9.72 Å². The summed E-state index contributed by atoms with van der Waals surface area (Å²) < 4.78 is 33.5. The first-order valence-corrected chi connectivity index (χ1v) is 16.9. The number of hydrogen-bond acceptors (Lipinski definition) is 9. The molecule has 3 aliphatic rings.